The summed E-state index contributed by atoms with van der Waals surface area (Å²) in [4.78, 5) is 36.2. The van der Waals surface area contributed by atoms with Gasteiger partial charge in [0.05, 0.1) is 6.42 Å². The fourth-order valence-electron chi connectivity index (χ4n) is 4.10. The van der Waals surface area contributed by atoms with Crippen LogP contribution in [0.3, 0.4) is 0 Å². The van der Waals surface area contributed by atoms with E-state index in [1.54, 1.807) is 6.08 Å². The monoisotopic (exact) mass is 435 g/mol. The molecule has 3 rings (SSSR count). The lowest BCUT2D eigenvalue weighted by molar-refractivity contribution is -0.148. The summed E-state index contributed by atoms with van der Waals surface area (Å²) in [6.45, 7) is 5.29. The van der Waals surface area contributed by atoms with Crippen LogP contribution in [-0.2, 0) is 19.1 Å². The third kappa shape index (κ3) is 5.25. The van der Waals surface area contributed by atoms with Gasteiger partial charge in [0.15, 0.2) is 0 Å². The lowest BCUT2D eigenvalue weighted by Gasteiger charge is -2.26. The zero-order valence-electron chi connectivity index (χ0n) is 18.3. The normalized spacial score (nSPS) is 14.0. The van der Waals surface area contributed by atoms with Crippen molar-refractivity contribution < 1.29 is 24.2 Å². The van der Waals surface area contributed by atoms with E-state index in [4.69, 9.17) is 4.74 Å². The molecule has 0 saturated carbocycles. The van der Waals surface area contributed by atoms with E-state index < -0.39 is 23.4 Å². The first kappa shape index (κ1) is 23.3. The Morgan fingerprint density at radius 1 is 1.06 bits per heavy atom. The number of carbonyl (C=O) groups is 3. The third-order valence-electron chi connectivity index (χ3n) is 5.90. The second-order valence-electron chi connectivity index (χ2n) is 8.28. The molecule has 1 amide bonds. The smallest absolute Gasteiger partial charge is 0.329 e. The second-order valence-corrected chi connectivity index (χ2v) is 8.28. The Morgan fingerprint density at radius 3 is 2.22 bits per heavy atom. The van der Waals surface area contributed by atoms with Crippen molar-refractivity contribution in [1.82, 2.24) is 5.32 Å². The zero-order valence-corrected chi connectivity index (χ0v) is 18.3. The molecule has 0 heterocycles. The summed E-state index contributed by atoms with van der Waals surface area (Å²) < 4.78 is 5.50. The maximum Gasteiger partial charge on any atom is 0.329 e. The molecule has 0 fully saturated rings. The number of amides is 1. The van der Waals surface area contributed by atoms with Gasteiger partial charge in [-0.1, -0.05) is 54.6 Å². The Morgan fingerprint density at radius 2 is 1.66 bits per heavy atom. The number of carboxylic acid groups (broad SMARTS) is 1. The van der Waals surface area contributed by atoms with Crippen LogP contribution < -0.4 is 5.32 Å². The van der Waals surface area contributed by atoms with Gasteiger partial charge in [-0.15, -0.1) is 6.58 Å². The number of allylic oxidation sites excluding steroid dienone is 1. The van der Waals surface area contributed by atoms with Crippen molar-refractivity contribution in [2.24, 2.45) is 0 Å². The number of hydrogen-bond acceptors (Lipinski definition) is 4. The maximum absolute atomic E-state index is 12.3. The average Bonchev–Trinajstić information content (AvgIpc) is 3.10. The third-order valence-corrected chi connectivity index (χ3v) is 5.90. The number of esters is 1. The van der Waals surface area contributed by atoms with Crippen LogP contribution in [0.4, 0.5) is 0 Å². The lowest BCUT2D eigenvalue weighted by atomic mass is 9.94. The SMILES string of the molecule is C=CCCC[C@](C)(NC(=O)CCC(=O)OCC1c2ccccc2-c2ccccc21)C(=O)O. The topological polar surface area (TPSA) is 92.7 Å². The number of nitrogens with one attached hydrogen (secondary N) is 1. The van der Waals surface area contributed by atoms with E-state index in [2.05, 4.69) is 24.0 Å². The molecule has 2 aromatic rings. The number of rotatable bonds is 11. The second kappa shape index (κ2) is 10.3. The highest BCUT2D eigenvalue weighted by atomic mass is 16.5. The van der Waals surface area contributed by atoms with Crippen LogP contribution in [0.1, 0.15) is 56.1 Å². The predicted molar refractivity (Wildman–Crippen MR) is 122 cm³/mol. The summed E-state index contributed by atoms with van der Waals surface area (Å²) in [5.41, 5.74) is 3.16. The Hall–Kier alpha value is -3.41. The van der Waals surface area contributed by atoms with Gasteiger partial charge in [-0.3, -0.25) is 9.59 Å². The van der Waals surface area contributed by atoms with Crippen LogP contribution in [0.5, 0.6) is 0 Å². The molecule has 1 aliphatic rings. The van der Waals surface area contributed by atoms with Gasteiger partial charge >= 0.3 is 11.9 Å². The van der Waals surface area contributed by atoms with Crippen molar-refractivity contribution in [2.45, 2.75) is 50.5 Å². The summed E-state index contributed by atoms with van der Waals surface area (Å²) in [5, 5.41) is 12.0. The van der Waals surface area contributed by atoms with Crippen molar-refractivity contribution in [2.75, 3.05) is 6.61 Å². The molecule has 6 nitrogen and oxygen atoms in total. The van der Waals surface area contributed by atoms with Crippen molar-refractivity contribution >= 4 is 17.8 Å². The van der Waals surface area contributed by atoms with Gasteiger partial charge in [0.1, 0.15) is 12.1 Å². The number of aliphatic carboxylic acids is 1. The first-order valence-electron chi connectivity index (χ1n) is 10.8. The van der Waals surface area contributed by atoms with E-state index in [0.717, 1.165) is 22.3 Å². The summed E-state index contributed by atoms with van der Waals surface area (Å²) in [6, 6.07) is 16.1. The number of carbonyl (C=O) groups excluding carboxylic acids is 2. The quantitative estimate of drug-likeness (QED) is 0.309. The number of benzene rings is 2. The highest BCUT2D eigenvalue weighted by Gasteiger charge is 2.34. The number of hydrogen-bond donors (Lipinski definition) is 2. The molecule has 0 spiro atoms. The fourth-order valence-corrected chi connectivity index (χ4v) is 4.10. The first-order chi connectivity index (χ1) is 15.4. The molecule has 6 heteroatoms. The lowest BCUT2D eigenvalue weighted by Crippen LogP contribution is -2.52. The minimum Gasteiger partial charge on any atom is -0.480 e. The van der Waals surface area contributed by atoms with Gasteiger partial charge in [0.25, 0.3) is 0 Å². The molecular formula is C26H29NO5. The highest BCUT2D eigenvalue weighted by molar-refractivity contribution is 5.88. The van der Waals surface area contributed by atoms with Gasteiger partial charge in [0, 0.05) is 12.3 Å². The molecule has 0 aliphatic heterocycles. The molecule has 2 aromatic carbocycles. The predicted octanol–water partition coefficient (Wildman–Crippen LogP) is 4.44. The molecule has 0 saturated heterocycles. The number of ether oxygens (including phenoxy) is 1. The van der Waals surface area contributed by atoms with E-state index >= 15 is 0 Å². The van der Waals surface area contributed by atoms with Crippen LogP contribution in [-0.4, -0.2) is 35.1 Å². The van der Waals surface area contributed by atoms with Crippen molar-refractivity contribution in [3.63, 3.8) is 0 Å². The molecular weight excluding hydrogens is 406 g/mol. The van der Waals surface area contributed by atoms with Gasteiger partial charge in [0.2, 0.25) is 5.91 Å². The van der Waals surface area contributed by atoms with Gasteiger partial charge < -0.3 is 15.2 Å². The van der Waals surface area contributed by atoms with Crippen LogP contribution in [0, 0.1) is 0 Å². The van der Waals surface area contributed by atoms with Gasteiger partial charge in [-0.2, -0.15) is 0 Å². The molecule has 0 bridgehead atoms. The Balaban J connectivity index is 1.53. The maximum atomic E-state index is 12.3. The summed E-state index contributed by atoms with van der Waals surface area (Å²) in [7, 11) is 0. The van der Waals surface area contributed by atoms with Crippen LogP contribution in [0.15, 0.2) is 61.2 Å². The standard InChI is InChI=1S/C26H29NO5/c1-3-4-9-16-26(2,25(30)31)27-23(28)14-15-24(29)32-17-22-20-12-7-5-10-18(20)19-11-6-8-13-21(19)22/h3,5-8,10-13,22H,1,4,9,14-17H2,2H3,(H,27,28)(H,30,31)/t26-/m0/s1. The largest absolute Gasteiger partial charge is 0.480 e. The molecule has 0 aromatic heterocycles. The van der Waals surface area contributed by atoms with E-state index in [0.29, 0.717) is 12.8 Å². The molecule has 2 N–H and O–H groups in total. The minimum atomic E-state index is -1.37. The van der Waals surface area contributed by atoms with Crippen molar-refractivity contribution in [1.29, 1.82) is 0 Å². The molecule has 0 unspecified atom stereocenters. The van der Waals surface area contributed by atoms with E-state index in [1.165, 1.54) is 6.92 Å². The van der Waals surface area contributed by atoms with Crippen LogP contribution >= 0.6 is 0 Å². The first-order valence-corrected chi connectivity index (χ1v) is 10.8. The van der Waals surface area contributed by atoms with E-state index in [9.17, 15) is 19.5 Å². The number of unbranched alkanes of at least 4 members (excludes halogenated alkanes) is 1. The Bertz CT molecular complexity index is 969. The van der Waals surface area contributed by atoms with Gasteiger partial charge in [-0.05, 0) is 48.4 Å². The molecule has 1 atom stereocenters. The van der Waals surface area contributed by atoms with Crippen molar-refractivity contribution in [3.8, 4) is 11.1 Å². The van der Waals surface area contributed by atoms with Gasteiger partial charge in [-0.25, -0.2) is 4.79 Å². The number of carboxylic acids is 1. The fraction of sp³-hybridized carbons (Fsp3) is 0.346. The summed E-state index contributed by atoms with van der Waals surface area (Å²) in [6.07, 6.45) is 3.02. The van der Waals surface area contributed by atoms with Crippen LogP contribution in [0.25, 0.3) is 11.1 Å². The zero-order chi connectivity index (χ0) is 23.1. The van der Waals surface area contributed by atoms with Crippen LogP contribution in [0.2, 0.25) is 0 Å². The molecule has 32 heavy (non-hydrogen) atoms. The van der Waals surface area contributed by atoms with E-state index in [1.807, 2.05) is 36.4 Å². The van der Waals surface area contributed by atoms with E-state index in [-0.39, 0.29) is 31.8 Å². The summed E-state index contributed by atoms with van der Waals surface area (Å²) >= 11 is 0. The Labute approximate surface area is 188 Å². The Kier molecular flexibility index (Phi) is 7.46. The highest BCUT2D eigenvalue weighted by Crippen LogP contribution is 2.44. The minimum absolute atomic E-state index is 0.0414. The molecule has 0 radical (unpaired) electrons. The van der Waals surface area contributed by atoms with Crippen molar-refractivity contribution in [3.05, 3.63) is 72.3 Å². The number of fused-ring (bicyclic) bond motifs is 3. The average molecular weight is 436 g/mol. The molecule has 1 aliphatic carbocycles. The summed E-state index contributed by atoms with van der Waals surface area (Å²) in [5.74, 6) is -2.11. The molecule has 168 valence electrons.